The first-order valence-electron chi connectivity index (χ1n) is 3.05. The van der Waals surface area contributed by atoms with E-state index in [9.17, 15) is 4.79 Å². The van der Waals surface area contributed by atoms with Gasteiger partial charge in [-0.3, -0.25) is 4.79 Å². The number of alkyl halides is 1. The summed E-state index contributed by atoms with van der Waals surface area (Å²) in [5.41, 5.74) is 4.92. The maximum absolute atomic E-state index is 10.2. The van der Waals surface area contributed by atoms with Crippen molar-refractivity contribution in [3.05, 3.63) is 0 Å². The lowest BCUT2D eigenvalue weighted by Crippen LogP contribution is -2.10. The molecule has 54 valence electrons. The van der Waals surface area contributed by atoms with Gasteiger partial charge >= 0.3 is 0 Å². The quantitative estimate of drug-likeness (QED) is 0.675. The average Bonchev–Trinajstić information content (AvgIpc) is 1.63. The van der Waals surface area contributed by atoms with Gasteiger partial charge < -0.3 is 5.73 Å². The van der Waals surface area contributed by atoms with E-state index in [0.29, 0.717) is 11.2 Å². The number of primary amides is 1. The van der Waals surface area contributed by atoms with Crippen LogP contribution in [-0.4, -0.2) is 10.7 Å². The Kier molecular flexibility index (Phi) is 4.77. The highest BCUT2D eigenvalue weighted by Crippen LogP contribution is 2.07. The molecule has 0 spiro atoms. The van der Waals surface area contributed by atoms with E-state index < -0.39 is 0 Å². The Hall–Kier alpha value is -0.0500. The van der Waals surface area contributed by atoms with Crippen LogP contribution >= 0.6 is 15.9 Å². The van der Waals surface area contributed by atoms with Crippen molar-refractivity contribution in [3.8, 4) is 0 Å². The van der Waals surface area contributed by atoms with E-state index in [1.807, 2.05) is 0 Å². The van der Waals surface area contributed by atoms with Crippen LogP contribution in [0.1, 0.15) is 26.2 Å². The maximum Gasteiger partial charge on any atom is 0.217 e. The van der Waals surface area contributed by atoms with Gasteiger partial charge in [0.1, 0.15) is 0 Å². The molecule has 0 aliphatic rings. The average molecular weight is 194 g/mol. The molecule has 9 heavy (non-hydrogen) atoms. The molecule has 0 aliphatic heterocycles. The Morgan fingerprint density at radius 3 is 2.67 bits per heavy atom. The Morgan fingerprint density at radius 1 is 1.78 bits per heavy atom. The monoisotopic (exact) mass is 193 g/mol. The number of rotatable bonds is 4. The van der Waals surface area contributed by atoms with Crippen LogP contribution in [0.3, 0.4) is 0 Å². The van der Waals surface area contributed by atoms with Gasteiger partial charge in [-0.2, -0.15) is 0 Å². The molecule has 0 fully saturated rings. The maximum atomic E-state index is 10.2. The Bertz CT molecular complexity index is 93.1. The molecule has 2 nitrogen and oxygen atoms in total. The van der Waals surface area contributed by atoms with Crippen molar-refractivity contribution in [3.63, 3.8) is 0 Å². The summed E-state index contributed by atoms with van der Waals surface area (Å²) in [6.45, 7) is 2.06. The largest absolute Gasteiger partial charge is 0.370 e. The van der Waals surface area contributed by atoms with Crippen molar-refractivity contribution in [1.29, 1.82) is 0 Å². The van der Waals surface area contributed by atoms with Crippen molar-refractivity contribution in [2.45, 2.75) is 31.0 Å². The molecule has 1 atom stereocenters. The van der Waals surface area contributed by atoms with E-state index in [0.717, 1.165) is 12.8 Å². The van der Waals surface area contributed by atoms with Gasteiger partial charge in [-0.25, -0.2) is 0 Å². The number of carbonyl (C=O) groups excluding carboxylic acids is 1. The smallest absolute Gasteiger partial charge is 0.217 e. The summed E-state index contributed by atoms with van der Waals surface area (Å²) in [6, 6.07) is 0. The molecule has 0 saturated heterocycles. The molecule has 0 aliphatic carbocycles. The number of halogens is 1. The van der Waals surface area contributed by atoms with Gasteiger partial charge in [0.05, 0.1) is 0 Å². The highest BCUT2D eigenvalue weighted by atomic mass is 79.9. The van der Waals surface area contributed by atoms with Gasteiger partial charge in [0.15, 0.2) is 0 Å². The van der Waals surface area contributed by atoms with Gasteiger partial charge in [0.2, 0.25) is 5.91 Å². The highest BCUT2D eigenvalue weighted by Gasteiger charge is 1.97. The number of carbonyl (C=O) groups is 1. The SMILES string of the molecule is CC(Br)CCCC(N)=O. The number of hydrogen-bond donors (Lipinski definition) is 1. The van der Waals surface area contributed by atoms with E-state index in [2.05, 4.69) is 22.9 Å². The molecule has 0 bridgehead atoms. The molecular weight excluding hydrogens is 182 g/mol. The molecule has 0 aromatic rings. The van der Waals surface area contributed by atoms with Crippen LogP contribution < -0.4 is 5.73 Å². The van der Waals surface area contributed by atoms with E-state index in [1.54, 1.807) is 0 Å². The van der Waals surface area contributed by atoms with Crippen molar-refractivity contribution in [1.82, 2.24) is 0 Å². The molecule has 3 heteroatoms. The summed E-state index contributed by atoms with van der Waals surface area (Å²) in [5.74, 6) is -0.205. The minimum Gasteiger partial charge on any atom is -0.370 e. The van der Waals surface area contributed by atoms with Crippen LogP contribution in [0.4, 0.5) is 0 Å². The second-order valence-electron chi connectivity index (χ2n) is 2.14. The lowest BCUT2D eigenvalue weighted by molar-refractivity contribution is -0.118. The molecule has 1 unspecified atom stereocenters. The summed E-state index contributed by atoms with van der Waals surface area (Å²) in [7, 11) is 0. The number of hydrogen-bond acceptors (Lipinski definition) is 1. The predicted molar refractivity (Wildman–Crippen MR) is 41.4 cm³/mol. The first-order chi connectivity index (χ1) is 4.13. The zero-order valence-corrected chi connectivity index (χ0v) is 7.15. The van der Waals surface area contributed by atoms with Crippen molar-refractivity contribution < 1.29 is 4.79 Å². The van der Waals surface area contributed by atoms with Crippen LogP contribution in [0.2, 0.25) is 0 Å². The lowest BCUT2D eigenvalue weighted by Gasteiger charge is -1.98. The predicted octanol–water partition coefficient (Wildman–Crippen LogP) is 1.43. The van der Waals surface area contributed by atoms with Gasteiger partial charge in [0, 0.05) is 11.2 Å². The second kappa shape index (κ2) is 4.79. The fraction of sp³-hybridized carbons (Fsp3) is 0.833. The van der Waals surface area contributed by atoms with Crippen LogP contribution in [0.25, 0.3) is 0 Å². The van der Waals surface area contributed by atoms with Crippen molar-refractivity contribution in [2.75, 3.05) is 0 Å². The zero-order chi connectivity index (χ0) is 7.28. The van der Waals surface area contributed by atoms with Crippen LogP contribution in [-0.2, 0) is 4.79 Å². The van der Waals surface area contributed by atoms with Crippen LogP contribution in [0.15, 0.2) is 0 Å². The van der Waals surface area contributed by atoms with Crippen LogP contribution in [0, 0.1) is 0 Å². The topological polar surface area (TPSA) is 43.1 Å². The normalized spacial score (nSPS) is 13.1. The van der Waals surface area contributed by atoms with Gasteiger partial charge in [-0.1, -0.05) is 22.9 Å². The van der Waals surface area contributed by atoms with Crippen LogP contribution in [0.5, 0.6) is 0 Å². The minimum atomic E-state index is -0.205. The fourth-order valence-electron chi connectivity index (χ4n) is 0.558. The summed E-state index contributed by atoms with van der Waals surface area (Å²) in [4.78, 5) is 10.7. The molecule has 1 amide bonds. The first kappa shape index (κ1) is 8.95. The third-order valence-electron chi connectivity index (χ3n) is 1.03. The summed E-state index contributed by atoms with van der Waals surface area (Å²) >= 11 is 3.37. The Labute approximate surface area is 63.9 Å². The summed E-state index contributed by atoms with van der Waals surface area (Å²) in [5, 5.41) is 0. The Balaban J connectivity index is 3.01. The van der Waals surface area contributed by atoms with Crippen molar-refractivity contribution >= 4 is 21.8 Å². The van der Waals surface area contributed by atoms with E-state index in [-0.39, 0.29) is 5.91 Å². The molecule has 0 heterocycles. The third-order valence-corrected chi connectivity index (χ3v) is 1.48. The van der Waals surface area contributed by atoms with E-state index in [4.69, 9.17) is 5.73 Å². The second-order valence-corrected chi connectivity index (χ2v) is 3.70. The van der Waals surface area contributed by atoms with Gasteiger partial charge in [-0.05, 0) is 12.8 Å². The molecule has 0 saturated carbocycles. The molecule has 0 aromatic carbocycles. The number of nitrogens with two attached hydrogens (primary N) is 1. The fourth-order valence-corrected chi connectivity index (χ4v) is 0.881. The third kappa shape index (κ3) is 7.95. The number of amides is 1. The van der Waals surface area contributed by atoms with Gasteiger partial charge in [0.25, 0.3) is 0 Å². The summed E-state index contributed by atoms with van der Waals surface area (Å²) < 4.78 is 0. The highest BCUT2D eigenvalue weighted by molar-refractivity contribution is 9.09. The first-order valence-corrected chi connectivity index (χ1v) is 3.97. The van der Waals surface area contributed by atoms with E-state index >= 15 is 0 Å². The van der Waals surface area contributed by atoms with Crippen molar-refractivity contribution in [2.24, 2.45) is 5.73 Å². The molecule has 0 rings (SSSR count). The molecular formula is C6H12BrNO. The van der Waals surface area contributed by atoms with E-state index in [1.165, 1.54) is 0 Å². The Morgan fingerprint density at radius 2 is 2.33 bits per heavy atom. The molecule has 0 aromatic heterocycles. The summed E-state index contributed by atoms with van der Waals surface area (Å²) in [6.07, 6.45) is 2.42. The molecule has 0 radical (unpaired) electrons. The standard InChI is InChI=1S/C6H12BrNO/c1-5(7)3-2-4-6(8)9/h5H,2-4H2,1H3,(H2,8,9). The van der Waals surface area contributed by atoms with Gasteiger partial charge in [-0.15, -0.1) is 0 Å². The lowest BCUT2D eigenvalue weighted by atomic mass is 10.2. The molecule has 2 N–H and O–H groups in total. The zero-order valence-electron chi connectivity index (χ0n) is 5.56. The minimum absolute atomic E-state index is 0.205.